The van der Waals surface area contributed by atoms with Gasteiger partial charge in [0.25, 0.3) is 0 Å². The van der Waals surface area contributed by atoms with E-state index < -0.39 is 0 Å². The summed E-state index contributed by atoms with van der Waals surface area (Å²) in [7, 11) is 0. The first-order valence-electron chi connectivity index (χ1n) is 8.37. The van der Waals surface area contributed by atoms with Gasteiger partial charge in [-0.1, -0.05) is 17.3 Å². The van der Waals surface area contributed by atoms with Crippen LogP contribution in [0.4, 0.5) is 0 Å². The largest absolute Gasteiger partial charge is 0.339 e. The van der Waals surface area contributed by atoms with E-state index in [-0.39, 0.29) is 6.04 Å². The van der Waals surface area contributed by atoms with Crippen LogP contribution in [-0.2, 0) is 6.54 Å². The summed E-state index contributed by atoms with van der Waals surface area (Å²) in [5.74, 6) is 3.01. The number of hydrogen-bond acceptors (Lipinski definition) is 5. The number of rotatable bonds is 6. The van der Waals surface area contributed by atoms with Gasteiger partial charge in [0.2, 0.25) is 5.89 Å². The van der Waals surface area contributed by atoms with Gasteiger partial charge >= 0.3 is 0 Å². The smallest absolute Gasteiger partial charge is 0.229 e. The van der Waals surface area contributed by atoms with Gasteiger partial charge in [0, 0.05) is 30.0 Å². The van der Waals surface area contributed by atoms with E-state index >= 15 is 0 Å². The van der Waals surface area contributed by atoms with Gasteiger partial charge in [-0.3, -0.25) is 0 Å². The molecule has 0 aliphatic heterocycles. The Bertz CT molecular complexity index is 816. The van der Waals surface area contributed by atoms with Gasteiger partial charge in [0.1, 0.15) is 5.82 Å². The van der Waals surface area contributed by atoms with Crippen LogP contribution in [0.15, 0.2) is 41.2 Å². The molecule has 1 aromatic carbocycles. The number of nitrogens with zero attached hydrogens (tertiary/aromatic N) is 4. The topological polar surface area (TPSA) is 68.8 Å². The van der Waals surface area contributed by atoms with E-state index in [1.54, 1.807) is 0 Å². The molecule has 1 saturated carbocycles. The molecule has 1 fully saturated rings. The van der Waals surface area contributed by atoms with Crippen LogP contribution in [0.2, 0.25) is 0 Å². The molecule has 6 nitrogen and oxygen atoms in total. The van der Waals surface area contributed by atoms with Crippen LogP contribution in [0.5, 0.6) is 0 Å². The fourth-order valence-electron chi connectivity index (χ4n) is 2.77. The van der Waals surface area contributed by atoms with Crippen molar-refractivity contribution in [3.63, 3.8) is 0 Å². The highest BCUT2D eigenvalue weighted by Gasteiger charge is 2.29. The van der Waals surface area contributed by atoms with Crippen LogP contribution >= 0.6 is 0 Å². The van der Waals surface area contributed by atoms with Crippen molar-refractivity contribution in [3.05, 3.63) is 59.8 Å². The van der Waals surface area contributed by atoms with Crippen LogP contribution in [0.1, 0.15) is 54.8 Å². The predicted molar refractivity (Wildman–Crippen MR) is 89.8 cm³/mol. The number of aryl methyl sites for hydroxylation is 1. The molecule has 0 unspecified atom stereocenters. The molecule has 0 radical (unpaired) electrons. The zero-order chi connectivity index (χ0) is 16.5. The summed E-state index contributed by atoms with van der Waals surface area (Å²) in [5, 5.41) is 7.49. The van der Waals surface area contributed by atoms with E-state index in [4.69, 9.17) is 4.52 Å². The third-order valence-electron chi connectivity index (χ3n) is 4.47. The number of nitrogens with one attached hydrogen (secondary N) is 1. The maximum absolute atomic E-state index is 5.29. The quantitative estimate of drug-likeness (QED) is 0.754. The molecule has 1 aliphatic rings. The molecule has 2 aromatic heterocycles. The Morgan fingerprint density at radius 2 is 2.08 bits per heavy atom. The van der Waals surface area contributed by atoms with Crippen molar-refractivity contribution in [1.29, 1.82) is 0 Å². The normalized spacial score (nSPS) is 15.6. The van der Waals surface area contributed by atoms with Crippen molar-refractivity contribution in [3.8, 4) is 5.69 Å². The Balaban J connectivity index is 1.38. The molecule has 2 heterocycles. The Labute approximate surface area is 140 Å². The van der Waals surface area contributed by atoms with Gasteiger partial charge in [-0.15, -0.1) is 0 Å². The Hall–Kier alpha value is -2.47. The van der Waals surface area contributed by atoms with E-state index in [0.29, 0.717) is 12.5 Å². The van der Waals surface area contributed by atoms with Crippen molar-refractivity contribution >= 4 is 0 Å². The average molecular weight is 323 g/mol. The lowest BCUT2D eigenvalue weighted by atomic mass is 10.1. The van der Waals surface area contributed by atoms with Crippen molar-refractivity contribution < 1.29 is 4.52 Å². The second kappa shape index (κ2) is 6.20. The summed E-state index contributed by atoms with van der Waals surface area (Å²) in [5.41, 5.74) is 2.34. The molecule has 0 saturated heterocycles. The summed E-state index contributed by atoms with van der Waals surface area (Å²) < 4.78 is 7.36. The standard InChI is InChI=1S/C18H21N5O/c1-12(20-11-17-21-18(24-22-17)15-3-4-15)14-5-7-16(8-6-14)23-10-9-19-13(23)2/h5-10,12,15,20H,3-4,11H2,1-2H3/t12-/m0/s1. The average Bonchev–Trinajstić information content (AvgIpc) is 3.19. The Kier molecular flexibility index (Phi) is 3.90. The third kappa shape index (κ3) is 3.10. The SMILES string of the molecule is Cc1nccn1-c1ccc([C@H](C)NCc2noc(C3CC3)n2)cc1. The molecular formula is C18H21N5O. The van der Waals surface area contributed by atoms with Crippen LogP contribution in [0.3, 0.4) is 0 Å². The number of imidazole rings is 1. The first-order chi connectivity index (χ1) is 11.7. The van der Waals surface area contributed by atoms with Crippen LogP contribution in [-0.4, -0.2) is 19.7 Å². The van der Waals surface area contributed by atoms with E-state index in [1.807, 2.05) is 19.3 Å². The zero-order valence-electron chi connectivity index (χ0n) is 13.9. The summed E-state index contributed by atoms with van der Waals surface area (Å²) in [6.45, 7) is 4.75. The molecule has 0 bridgehead atoms. The Morgan fingerprint density at radius 3 is 2.75 bits per heavy atom. The van der Waals surface area contributed by atoms with Crippen molar-refractivity contribution in [2.75, 3.05) is 0 Å². The minimum Gasteiger partial charge on any atom is -0.339 e. The minimum absolute atomic E-state index is 0.214. The minimum atomic E-state index is 0.214. The molecule has 0 spiro atoms. The molecule has 124 valence electrons. The fraction of sp³-hybridized carbons (Fsp3) is 0.389. The summed E-state index contributed by atoms with van der Waals surface area (Å²) in [6, 6.07) is 8.71. The van der Waals surface area contributed by atoms with Gasteiger partial charge in [-0.25, -0.2) is 4.98 Å². The number of hydrogen-bond donors (Lipinski definition) is 1. The summed E-state index contributed by atoms with van der Waals surface area (Å²) >= 11 is 0. The molecule has 4 rings (SSSR count). The summed E-state index contributed by atoms with van der Waals surface area (Å²) in [6.07, 6.45) is 6.14. The number of aromatic nitrogens is 4. The van der Waals surface area contributed by atoms with Crippen molar-refractivity contribution in [2.45, 2.75) is 45.2 Å². The maximum Gasteiger partial charge on any atom is 0.229 e. The van der Waals surface area contributed by atoms with Crippen LogP contribution < -0.4 is 5.32 Å². The molecule has 1 atom stereocenters. The van der Waals surface area contributed by atoms with Crippen molar-refractivity contribution in [2.24, 2.45) is 0 Å². The van der Waals surface area contributed by atoms with Gasteiger partial charge in [-0.2, -0.15) is 4.98 Å². The van der Waals surface area contributed by atoms with Gasteiger partial charge in [0.15, 0.2) is 5.82 Å². The molecular weight excluding hydrogens is 302 g/mol. The van der Waals surface area contributed by atoms with E-state index in [9.17, 15) is 0 Å². The first kappa shape index (κ1) is 15.1. The number of benzene rings is 1. The highest BCUT2D eigenvalue weighted by molar-refractivity contribution is 5.36. The first-order valence-corrected chi connectivity index (χ1v) is 8.37. The molecule has 1 aliphatic carbocycles. The van der Waals surface area contributed by atoms with E-state index in [1.165, 1.54) is 18.4 Å². The molecule has 3 aromatic rings. The lowest BCUT2D eigenvalue weighted by Gasteiger charge is -2.14. The molecule has 6 heteroatoms. The van der Waals surface area contributed by atoms with Gasteiger partial charge in [0.05, 0.1) is 6.54 Å². The monoisotopic (exact) mass is 323 g/mol. The van der Waals surface area contributed by atoms with E-state index in [0.717, 1.165) is 23.2 Å². The molecule has 24 heavy (non-hydrogen) atoms. The Morgan fingerprint density at radius 1 is 1.29 bits per heavy atom. The van der Waals surface area contributed by atoms with Crippen LogP contribution in [0.25, 0.3) is 5.69 Å². The summed E-state index contributed by atoms with van der Waals surface area (Å²) in [4.78, 5) is 8.71. The molecule has 1 N–H and O–H groups in total. The van der Waals surface area contributed by atoms with E-state index in [2.05, 4.69) is 56.2 Å². The van der Waals surface area contributed by atoms with Crippen molar-refractivity contribution in [1.82, 2.24) is 25.0 Å². The van der Waals surface area contributed by atoms with Gasteiger partial charge < -0.3 is 14.4 Å². The fourth-order valence-corrected chi connectivity index (χ4v) is 2.77. The highest BCUT2D eigenvalue weighted by Crippen LogP contribution is 2.38. The zero-order valence-corrected chi connectivity index (χ0v) is 13.9. The predicted octanol–water partition coefficient (Wildman–Crippen LogP) is 3.29. The lowest BCUT2D eigenvalue weighted by molar-refractivity contribution is 0.371. The molecule has 0 amide bonds. The third-order valence-corrected chi connectivity index (χ3v) is 4.47. The second-order valence-electron chi connectivity index (χ2n) is 6.36. The van der Waals surface area contributed by atoms with Crippen LogP contribution in [0, 0.1) is 6.92 Å². The second-order valence-corrected chi connectivity index (χ2v) is 6.36. The maximum atomic E-state index is 5.29. The van der Waals surface area contributed by atoms with Gasteiger partial charge in [-0.05, 0) is 44.4 Å². The highest BCUT2D eigenvalue weighted by atomic mass is 16.5. The lowest BCUT2D eigenvalue weighted by Crippen LogP contribution is -2.18.